The zero-order valence-electron chi connectivity index (χ0n) is 15.3. The summed E-state index contributed by atoms with van der Waals surface area (Å²) in [6.45, 7) is 11.5. The molecule has 2 aromatic rings. The van der Waals surface area contributed by atoms with Crippen molar-refractivity contribution in [2.45, 2.75) is 66.2 Å². The van der Waals surface area contributed by atoms with Crippen LogP contribution in [-0.2, 0) is 6.42 Å². The molecule has 2 rings (SSSR count). The van der Waals surface area contributed by atoms with Crippen LogP contribution in [0.25, 0.3) is 5.52 Å². The minimum absolute atomic E-state index is 0.152. The summed E-state index contributed by atoms with van der Waals surface area (Å²) in [6.07, 6.45) is 10.4. The van der Waals surface area contributed by atoms with Gasteiger partial charge < -0.3 is 9.51 Å². The number of aliphatic hydroxyl groups excluding tert-OH is 1. The van der Waals surface area contributed by atoms with Gasteiger partial charge in [-0.05, 0) is 53.7 Å². The molecular formula is C20H32N2O. The molecule has 0 bridgehead atoms. The first-order valence-electron chi connectivity index (χ1n) is 9.03. The highest BCUT2D eigenvalue weighted by Gasteiger charge is 2.35. The summed E-state index contributed by atoms with van der Waals surface area (Å²) in [6, 6.07) is 2.24. The van der Waals surface area contributed by atoms with Crippen molar-refractivity contribution >= 4 is 5.52 Å². The fourth-order valence-electron chi connectivity index (χ4n) is 4.00. The highest BCUT2D eigenvalue weighted by Crippen LogP contribution is 2.42. The van der Waals surface area contributed by atoms with Gasteiger partial charge in [0, 0.05) is 12.8 Å². The minimum atomic E-state index is 0.152. The van der Waals surface area contributed by atoms with Gasteiger partial charge in [-0.15, -0.1) is 0 Å². The average molecular weight is 316 g/mol. The van der Waals surface area contributed by atoms with E-state index in [1.54, 1.807) is 0 Å². The molecule has 0 aliphatic carbocycles. The Labute approximate surface area is 140 Å². The smallest absolute Gasteiger partial charge is 0.0992 e. The highest BCUT2D eigenvalue weighted by molar-refractivity contribution is 5.57. The standard InChI is InChI=1S/C20H32N2O/c1-6-9-20(7-2,16(5)13-23)11-18-17(15(3)4)8-10-22-14-21-12-19(18)22/h8,10,12,14-16,23H,6-7,9,11,13H2,1-5H3/t16?,20-/m0/s1. The number of hydrogen-bond donors (Lipinski definition) is 1. The topological polar surface area (TPSA) is 37.5 Å². The van der Waals surface area contributed by atoms with E-state index in [1.165, 1.54) is 16.6 Å². The van der Waals surface area contributed by atoms with Crippen LogP contribution >= 0.6 is 0 Å². The zero-order valence-corrected chi connectivity index (χ0v) is 15.3. The summed E-state index contributed by atoms with van der Waals surface area (Å²) in [5.74, 6) is 0.793. The first-order chi connectivity index (χ1) is 11.0. The van der Waals surface area contributed by atoms with Crippen LogP contribution in [0.1, 0.15) is 70.9 Å². The molecule has 0 amide bonds. The molecule has 1 N–H and O–H groups in total. The Hall–Kier alpha value is -1.35. The van der Waals surface area contributed by atoms with Gasteiger partial charge in [-0.25, -0.2) is 4.98 Å². The molecule has 2 atom stereocenters. The van der Waals surface area contributed by atoms with Crippen molar-refractivity contribution in [3.8, 4) is 0 Å². The quantitative estimate of drug-likeness (QED) is 0.757. The van der Waals surface area contributed by atoms with Crippen LogP contribution in [-0.4, -0.2) is 21.1 Å². The summed E-state index contributed by atoms with van der Waals surface area (Å²) in [4.78, 5) is 4.34. The molecule has 0 radical (unpaired) electrons. The van der Waals surface area contributed by atoms with Crippen LogP contribution in [0, 0.1) is 11.3 Å². The Kier molecular flexibility index (Phi) is 5.85. The van der Waals surface area contributed by atoms with Gasteiger partial charge in [-0.3, -0.25) is 0 Å². The first-order valence-corrected chi connectivity index (χ1v) is 9.03. The number of hydrogen-bond acceptors (Lipinski definition) is 2. The van der Waals surface area contributed by atoms with Gasteiger partial charge in [0.1, 0.15) is 0 Å². The van der Waals surface area contributed by atoms with Gasteiger partial charge in [0.05, 0.1) is 18.0 Å². The second kappa shape index (κ2) is 7.48. The maximum absolute atomic E-state index is 9.84. The number of aromatic nitrogens is 2. The molecule has 23 heavy (non-hydrogen) atoms. The molecule has 0 aliphatic rings. The fourth-order valence-corrected chi connectivity index (χ4v) is 4.00. The molecule has 128 valence electrons. The molecule has 0 saturated heterocycles. The largest absolute Gasteiger partial charge is 0.396 e. The van der Waals surface area contributed by atoms with E-state index in [-0.39, 0.29) is 12.0 Å². The maximum atomic E-state index is 9.84. The van der Waals surface area contributed by atoms with Gasteiger partial charge in [0.2, 0.25) is 0 Å². The van der Waals surface area contributed by atoms with E-state index < -0.39 is 0 Å². The second-order valence-electron chi connectivity index (χ2n) is 7.32. The van der Waals surface area contributed by atoms with Crippen LogP contribution in [0.4, 0.5) is 0 Å². The third kappa shape index (κ3) is 3.45. The van der Waals surface area contributed by atoms with Crippen LogP contribution in [0.2, 0.25) is 0 Å². The van der Waals surface area contributed by atoms with E-state index in [0.29, 0.717) is 11.8 Å². The number of pyridine rings is 1. The first kappa shape index (κ1) is 18.0. The molecule has 0 fully saturated rings. The van der Waals surface area contributed by atoms with Crippen molar-refractivity contribution in [1.29, 1.82) is 0 Å². The summed E-state index contributed by atoms with van der Waals surface area (Å²) >= 11 is 0. The number of nitrogens with zero attached hydrogens (tertiary/aromatic N) is 2. The number of imidazole rings is 1. The van der Waals surface area contributed by atoms with E-state index in [1.807, 2.05) is 12.5 Å². The van der Waals surface area contributed by atoms with E-state index in [4.69, 9.17) is 0 Å². The van der Waals surface area contributed by atoms with Crippen molar-refractivity contribution < 1.29 is 5.11 Å². The summed E-state index contributed by atoms with van der Waals surface area (Å²) in [5, 5.41) is 9.84. The Morgan fingerprint density at radius 1 is 1.26 bits per heavy atom. The molecule has 0 aromatic carbocycles. The molecule has 0 aliphatic heterocycles. The summed E-state index contributed by atoms with van der Waals surface area (Å²) in [5.41, 5.74) is 4.20. The van der Waals surface area contributed by atoms with Crippen LogP contribution in [0.5, 0.6) is 0 Å². The molecule has 2 aromatic heterocycles. The van der Waals surface area contributed by atoms with Crippen molar-refractivity contribution in [3.63, 3.8) is 0 Å². The molecule has 1 unspecified atom stereocenters. The third-order valence-corrected chi connectivity index (χ3v) is 5.66. The lowest BCUT2D eigenvalue weighted by molar-refractivity contribution is 0.0843. The Morgan fingerprint density at radius 2 is 2.00 bits per heavy atom. The van der Waals surface area contributed by atoms with Crippen LogP contribution in [0.3, 0.4) is 0 Å². The fraction of sp³-hybridized carbons (Fsp3) is 0.650. The van der Waals surface area contributed by atoms with Gasteiger partial charge in [-0.1, -0.05) is 41.0 Å². The van der Waals surface area contributed by atoms with E-state index in [9.17, 15) is 5.11 Å². The molecule has 0 spiro atoms. The van der Waals surface area contributed by atoms with Gasteiger partial charge >= 0.3 is 0 Å². The van der Waals surface area contributed by atoms with Gasteiger partial charge in [0.25, 0.3) is 0 Å². The van der Waals surface area contributed by atoms with Gasteiger partial charge in [-0.2, -0.15) is 0 Å². The molecular weight excluding hydrogens is 284 g/mol. The molecule has 2 heterocycles. The van der Waals surface area contributed by atoms with Gasteiger partial charge in [0.15, 0.2) is 0 Å². The molecule has 0 saturated carbocycles. The van der Waals surface area contributed by atoms with Crippen molar-refractivity contribution in [3.05, 3.63) is 35.9 Å². The lowest BCUT2D eigenvalue weighted by atomic mass is 9.66. The van der Waals surface area contributed by atoms with E-state index in [0.717, 1.165) is 25.7 Å². The highest BCUT2D eigenvalue weighted by atomic mass is 16.3. The summed E-state index contributed by atoms with van der Waals surface area (Å²) < 4.78 is 2.12. The van der Waals surface area contributed by atoms with E-state index in [2.05, 4.69) is 56.3 Å². The number of aliphatic hydroxyl groups is 1. The predicted octanol–water partition coefficient (Wildman–Crippen LogP) is 4.83. The summed E-state index contributed by atoms with van der Waals surface area (Å²) in [7, 11) is 0. The lowest BCUT2D eigenvalue weighted by Gasteiger charge is -2.39. The maximum Gasteiger partial charge on any atom is 0.0992 e. The second-order valence-corrected chi connectivity index (χ2v) is 7.32. The van der Waals surface area contributed by atoms with Crippen molar-refractivity contribution in [2.75, 3.05) is 6.61 Å². The molecule has 3 nitrogen and oxygen atoms in total. The van der Waals surface area contributed by atoms with Crippen molar-refractivity contribution in [2.24, 2.45) is 11.3 Å². The zero-order chi connectivity index (χ0) is 17.0. The average Bonchev–Trinajstić information content (AvgIpc) is 3.02. The number of fused-ring (bicyclic) bond motifs is 1. The Morgan fingerprint density at radius 3 is 2.57 bits per heavy atom. The Bertz CT molecular complexity index is 632. The number of rotatable bonds is 8. The normalized spacial score (nSPS) is 16.0. The lowest BCUT2D eigenvalue weighted by Crippen LogP contribution is -2.33. The minimum Gasteiger partial charge on any atom is -0.396 e. The predicted molar refractivity (Wildman–Crippen MR) is 96.9 cm³/mol. The Balaban J connectivity index is 2.56. The van der Waals surface area contributed by atoms with Crippen LogP contribution < -0.4 is 0 Å². The van der Waals surface area contributed by atoms with Crippen molar-refractivity contribution in [1.82, 2.24) is 9.38 Å². The monoisotopic (exact) mass is 316 g/mol. The SMILES string of the molecule is CCC[C@@](CC)(Cc1c(C(C)C)ccn2cncc12)C(C)CO. The third-order valence-electron chi connectivity index (χ3n) is 5.66. The molecule has 3 heteroatoms. The van der Waals surface area contributed by atoms with E-state index >= 15 is 0 Å². The van der Waals surface area contributed by atoms with Crippen LogP contribution in [0.15, 0.2) is 24.8 Å².